The summed E-state index contributed by atoms with van der Waals surface area (Å²) in [5.74, 6) is 0. The summed E-state index contributed by atoms with van der Waals surface area (Å²) in [6.07, 6.45) is 0. The van der Waals surface area contributed by atoms with Gasteiger partial charge in [0.25, 0.3) is 0 Å². The highest BCUT2D eigenvalue weighted by molar-refractivity contribution is 6.33. The van der Waals surface area contributed by atoms with Crippen LogP contribution in [0.5, 0.6) is 0 Å². The van der Waals surface area contributed by atoms with Crippen LogP contribution in [0, 0.1) is 55.4 Å². The van der Waals surface area contributed by atoms with E-state index in [1.807, 2.05) is 0 Å². The van der Waals surface area contributed by atoms with Gasteiger partial charge in [-0.1, -0.05) is 108 Å². The highest BCUT2D eigenvalue weighted by Gasteiger charge is 2.21. The lowest BCUT2D eigenvalue weighted by Gasteiger charge is -2.29. The predicted molar refractivity (Wildman–Crippen MR) is 279 cm³/mol. The fraction of sp³-hybridized carbons (Fsp3) is 0.129. The molecular formula is C62H52N2. The van der Waals surface area contributed by atoms with E-state index in [0.29, 0.717) is 0 Å². The van der Waals surface area contributed by atoms with Gasteiger partial charge in [0, 0.05) is 34.1 Å². The van der Waals surface area contributed by atoms with Gasteiger partial charge < -0.3 is 9.80 Å². The van der Waals surface area contributed by atoms with Crippen LogP contribution in [-0.2, 0) is 0 Å². The fourth-order valence-electron chi connectivity index (χ4n) is 10.8. The Labute approximate surface area is 376 Å². The monoisotopic (exact) mass is 824 g/mol. The first-order chi connectivity index (χ1) is 31.0. The maximum absolute atomic E-state index is 2.48. The zero-order valence-corrected chi connectivity index (χ0v) is 38.1. The minimum atomic E-state index is 1.15. The number of hydrogen-bond acceptors (Lipinski definition) is 2. The molecular weight excluding hydrogens is 773 g/mol. The van der Waals surface area contributed by atoms with Gasteiger partial charge in [0.1, 0.15) is 0 Å². The van der Waals surface area contributed by atoms with Crippen molar-refractivity contribution in [2.45, 2.75) is 55.4 Å². The summed E-state index contributed by atoms with van der Waals surface area (Å²) < 4.78 is 0. The molecule has 0 heterocycles. The summed E-state index contributed by atoms with van der Waals surface area (Å²) in [6.45, 7) is 17.6. The Bertz CT molecular complexity index is 3440. The van der Waals surface area contributed by atoms with Crippen LogP contribution in [0.3, 0.4) is 0 Å². The predicted octanol–water partition coefficient (Wildman–Crippen LogP) is 18.0. The molecule has 2 nitrogen and oxygen atoms in total. The maximum atomic E-state index is 2.48. The Morgan fingerprint density at radius 1 is 0.219 bits per heavy atom. The average molecular weight is 825 g/mol. The standard InChI is InChI=1S/C62H52N2/c1-37-17-23-61(43(7)27-37)63(47-29-39(3)25-40(4)30-47)45-19-21-53-55(33-45)49-13-9-11-15-51(49)57-36-60-54-22-20-46(34-56(54)50-14-10-12-16-52(50)58(60)35-59(53)57)64(48-31-41(5)26-42(6)32-48)62-24-18-38(2)28-44(62)8/h9-36H,1-8H3. The molecule has 0 unspecified atom stereocenters. The van der Waals surface area contributed by atoms with Crippen molar-refractivity contribution < 1.29 is 0 Å². The van der Waals surface area contributed by atoms with Crippen molar-refractivity contribution >= 4 is 98.8 Å². The molecule has 64 heavy (non-hydrogen) atoms. The SMILES string of the molecule is Cc1cc(C)cc(N(c2ccc3c(c2)c2ccccc2c2cc4c5ccc(N(c6cc(C)cc(C)c6)c6ccc(C)cc6C)cc5c5ccccc5c4cc32)c2ccc(C)cc2C)c1. The summed E-state index contributed by atoms with van der Waals surface area (Å²) >= 11 is 0. The van der Waals surface area contributed by atoms with Crippen LogP contribution in [0.1, 0.15) is 44.5 Å². The summed E-state index contributed by atoms with van der Waals surface area (Å²) in [4.78, 5) is 4.89. The van der Waals surface area contributed by atoms with Crippen molar-refractivity contribution in [1.82, 2.24) is 0 Å². The first-order valence-electron chi connectivity index (χ1n) is 22.6. The van der Waals surface area contributed by atoms with Crippen LogP contribution in [-0.4, -0.2) is 0 Å². The summed E-state index contributed by atoms with van der Waals surface area (Å²) in [5.41, 5.74) is 17.1. The second-order valence-electron chi connectivity index (χ2n) is 18.4. The fourth-order valence-corrected chi connectivity index (χ4v) is 10.8. The number of fused-ring (bicyclic) bond motifs is 12. The normalized spacial score (nSPS) is 11.8. The minimum Gasteiger partial charge on any atom is -0.310 e. The van der Waals surface area contributed by atoms with E-state index in [-0.39, 0.29) is 0 Å². The smallest absolute Gasteiger partial charge is 0.0490 e. The van der Waals surface area contributed by atoms with Gasteiger partial charge in [-0.3, -0.25) is 0 Å². The molecule has 310 valence electrons. The number of rotatable bonds is 6. The molecule has 0 aromatic heterocycles. The Hall–Kier alpha value is -7.42. The van der Waals surface area contributed by atoms with E-state index in [1.165, 1.54) is 132 Å². The third-order valence-corrected chi connectivity index (χ3v) is 13.4. The molecule has 0 bridgehead atoms. The number of anilines is 6. The van der Waals surface area contributed by atoms with Crippen LogP contribution < -0.4 is 9.80 Å². The summed E-state index contributed by atoms with van der Waals surface area (Å²) in [6, 6.07) is 64.6. The molecule has 0 saturated heterocycles. The second-order valence-corrected chi connectivity index (χ2v) is 18.4. The second kappa shape index (κ2) is 15.1. The third-order valence-electron chi connectivity index (χ3n) is 13.4. The summed E-state index contributed by atoms with van der Waals surface area (Å²) in [7, 11) is 0. The van der Waals surface area contributed by atoms with E-state index in [2.05, 4.69) is 235 Å². The number of benzene rings is 11. The zero-order chi connectivity index (χ0) is 44.0. The summed E-state index contributed by atoms with van der Waals surface area (Å²) in [5, 5.41) is 15.2. The molecule has 0 fully saturated rings. The molecule has 2 heteroatoms. The molecule has 0 amide bonds. The highest BCUT2D eigenvalue weighted by atomic mass is 15.1. The molecule has 0 aliphatic carbocycles. The van der Waals surface area contributed by atoms with Crippen molar-refractivity contribution in [3.05, 3.63) is 214 Å². The van der Waals surface area contributed by atoms with Crippen molar-refractivity contribution in [2.24, 2.45) is 0 Å². The van der Waals surface area contributed by atoms with Crippen LogP contribution in [0.4, 0.5) is 34.1 Å². The van der Waals surface area contributed by atoms with E-state index in [0.717, 1.165) is 11.4 Å². The average Bonchev–Trinajstić information content (AvgIpc) is 3.27. The number of hydrogen-bond donors (Lipinski definition) is 0. The minimum absolute atomic E-state index is 1.15. The van der Waals surface area contributed by atoms with Crippen molar-refractivity contribution in [1.29, 1.82) is 0 Å². The molecule has 11 rings (SSSR count). The molecule has 0 atom stereocenters. The molecule has 0 aliphatic rings. The van der Waals surface area contributed by atoms with E-state index in [1.54, 1.807) is 0 Å². The maximum Gasteiger partial charge on any atom is 0.0490 e. The van der Waals surface area contributed by atoms with Crippen molar-refractivity contribution in [2.75, 3.05) is 9.80 Å². The molecule has 11 aromatic carbocycles. The van der Waals surface area contributed by atoms with E-state index >= 15 is 0 Å². The lowest BCUT2D eigenvalue weighted by atomic mass is 9.88. The van der Waals surface area contributed by atoms with Gasteiger partial charge in [0.15, 0.2) is 0 Å². The number of nitrogens with zero attached hydrogens (tertiary/aromatic N) is 2. The van der Waals surface area contributed by atoms with Crippen molar-refractivity contribution in [3.63, 3.8) is 0 Å². The number of aryl methyl sites for hydroxylation is 8. The molecule has 0 spiro atoms. The molecule has 0 saturated carbocycles. The van der Waals surface area contributed by atoms with Crippen LogP contribution >= 0.6 is 0 Å². The van der Waals surface area contributed by atoms with E-state index < -0.39 is 0 Å². The van der Waals surface area contributed by atoms with Crippen LogP contribution in [0.25, 0.3) is 64.6 Å². The van der Waals surface area contributed by atoms with Crippen molar-refractivity contribution in [3.8, 4) is 0 Å². The first-order valence-corrected chi connectivity index (χ1v) is 22.6. The Morgan fingerprint density at radius 3 is 0.859 bits per heavy atom. The Morgan fingerprint density at radius 2 is 0.531 bits per heavy atom. The lowest BCUT2D eigenvalue weighted by molar-refractivity contribution is 1.22. The van der Waals surface area contributed by atoms with E-state index in [4.69, 9.17) is 0 Å². The van der Waals surface area contributed by atoms with Gasteiger partial charge in [0.05, 0.1) is 0 Å². The lowest BCUT2D eigenvalue weighted by Crippen LogP contribution is -2.12. The highest BCUT2D eigenvalue weighted by Crippen LogP contribution is 2.47. The third kappa shape index (κ3) is 6.56. The van der Waals surface area contributed by atoms with Gasteiger partial charge >= 0.3 is 0 Å². The van der Waals surface area contributed by atoms with E-state index in [9.17, 15) is 0 Å². The van der Waals surface area contributed by atoms with Gasteiger partial charge in [-0.2, -0.15) is 0 Å². The van der Waals surface area contributed by atoms with Gasteiger partial charge in [-0.15, -0.1) is 0 Å². The van der Waals surface area contributed by atoms with Gasteiger partial charge in [-0.25, -0.2) is 0 Å². The molecule has 0 aliphatic heterocycles. The largest absolute Gasteiger partial charge is 0.310 e. The zero-order valence-electron chi connectivity index (χ0n) is 38.1. The Balaban J connectivity index is 1.17. The molecule has 11 aromatic rings. The van der Waals surface area contributed by atoms with Gasteiger partial charge in [-0.05, 0) is 226 Å². The molecule has 0 N–H and O–H groups in total. The Kier molecular flexibility index (Phi) is 9.33. The topological polar surface area (TPSA) is 6.48 Å². The molecule has 0 radical (unpaired) electrons. The van der Waals surface area contributed by atoms with Gasteiger partial charge in [0.2, 0.25) is 0 Å². The van der Waals surface area contributed by atoms with Crippen LogP contribution in [0.2, 0.25) is 0 Å². The first kappa shape index (κ1) is 39.4. The quantitative estimate of drug-likeness (QED) is 0.122. The van der Waals surface area contributed by atoms with Crippen LogP contribution in [0.15, 0.2) is 170 Å².